The van der Waals surface area contributed by atoms with Crippen molar-refractivity contribution in [3.63, 3.8) is 0 Å². The predicted molar refractivity (Wildman–Crippen MR) is 52.3 cm³/mol. The molecule has 0 fully saturated rings. The van der Waals surface area contributed by atoms with Crippen molar-refractivity contribution < 1.29 is 0 Å². The standard InChI is InChI=1S/C6H8N6S/c7-4-3(1-2-13-4)5-10-11-6(8)12(5)9/h1-2H,7,9H2,(H2,8,11). The van der Waals surface area contributed by atoms with Gasteiger partial charge in [0.15, 0.2) is 5.82 Å². The van der Waals surface area contributed by atoms with Crippen molar-refractivity contribution in [1.82, 2.24) is 14.9 Å². The summed E-state index contributed by atoms with van der Waals surface area (Å²) in [4.78, 5) is 0. The number of anilines is 2. The van der Waals surface area contributed by atoms with Crippen LogP contribution in [0.3, 0.4) is 0 Å². The molecule has 0 amide bonds. The van der Waals surface area contributed by atoms with Gasteiger partial charge in [-0.1, -0.05) is 0 Å². The first-order valence-corrected chi connectivity index (χ1v) is 4.37. The molecule has 0 aliphatic carbocycles. The molecular weight excluding hydrogens is 188 g/mol. The Kier molecular flexibility index (Phi) is 1.59. The maximum atomic E-state index is 5.69. The Hall–Kier alpha value is -1.76. The second-order valence-electron chi connectivity index (χ2n) is 2.45. The van der Waals surface area contributed by atoms with Gasteiger partial charge < -0.3 is 17.3 Å². The van der Waals surface area contributed by atoms with Gasteiger partial charge in [-0.05, 0) is 11.4 Å². The van der Waals surface area contributed by atoms with E-state index in [1.807, 2.05) is 11.4 Å². The number of hydrogen-bond donors (Lipinski definition) is 3. The number of nitrogens with two attached hydrogens (primary N) is 3. The quantitative estimate of drug-likeness (QED) is 0.551. The zero-order valence-corrected chi connectivity index (χ0v) is 7.45. The first-order chi connectivity index (χ1) is 6.20. The largest absolute Gasteiger partial charge is 0.390 e. The molecule has 0 unspecified atom stereocenters. The monoisotopic (exact) mass is 196 g/mol. The van der Waals surface area contributed by atoms with E-state index in [1.54, 1.807) is 0 Å². The van der Waals surface area contributed by atoms with Gasteiger partial charge in [0.05, 0.1) is 10.6 Å². The average Bonchev–Trinajstić information content (AvgIpc) is 2.62. The normalized spacial score (nSPS) is 10.5. The summed E-state index contributed by atoms with van der Waals surface area (Å²) in [5, 5.41) is 9.94. The van der Waals surface area contributed by atoms with Crippen LogP contribution in [0.4, 0.5) is 10.9 Å². The Morgan fingerprint density at radius 3 is 2.54 bits per heavy atom. The van der Waals surface area contributed by atoms with E-state index in [0.29, 0.717) is 10.8 Å². The van der Waals surface area contributed by atoms with E-state index in [0.717, 1.165) is 5.56 Å². The van der Waals surface area contributed by atoms with E-state index in [4.69, 9.17) is 17.3 Å². The molecule has 13 heavy (non-hydrogen) atoms. The molecule has 0 radical (unpaired) electrons. The molecule has 0 aliphatic rings. The zero-order valence-electron chi connectivity index (χ0n) is 6.64. The fourth-order valence-corrected chi connectivity index (χ4v) is 1.63. The molecule has 0 atom stereocenters. The van der Waals surface area contributed by atoms with Crippen molar-refractivity contribution in [3.8, 4) is 11.4 Å². The van der Waals surface area contributed by atoms with Crippen LogP contribution in [0.1, 0.15) is 0 Å². The van der Waals surface area contributed by atoms with E-state index in [1.165, 1.54) is 16.0 Å². The first-order valence-electron chi connectivity index (χ1n) is 3.49. The van der Waals surface area contributed by atoms with Gasteiger partial charge in [0.25, 0.3) is 0 Å². The van der Waals surface area contributed by atoms with Crippen molar-refractivity contribution in [3.05, 3.63) is 11.4 Å². The zero-order chi connectivity index (χ0) is 9.42. The molecule has 0 saturated heterocycles. The first kappa shape index (κ1) is 7.87. The molecule has 7 heteroatoms. The Morgan fingerprint density at radius 2 is 2.08 bits per heavy atom. The van der Waals surface area contributed by atoms with Crippen LogP contribution < -0.4 is 17.3 Å². The molecule has 68 valence electrons. The van der Waals surface area contributed by atoms with Gasteiger partial charge in [-0.25, -0.2) is 4.68 Å². The van der Waals surface area contributed by atoms with Gasteiger partial charge in [-0.2, -0.15) is 0 Å². The number of hydrogen-bond acceptors (Lipinski definition) is 6. The third-order valence-corrected chi connectivity index (χ3v) is 2.40. The smallest absolute Gasteiger partial charge is 0.241 e. The van der Waals surface area contributed by atoms with E-state index in [2.05, 4.69) is 10.2 Å². The van der Waals surface area contributed by atoms with Crippen molar-refractivity contribution in [2.45, 2.75) is 0 Å². The minimum atomic E-state index is 0.167. The second kappa shape index (κ2) is 2.63. The number of aromatic nitrogens is 3. The maximum absolute atomic E-state index is 5.69. The molecule has 0 saturated carbocycles. The highest BCUT2D eigenvalue weighted by Gasteiger charge is 2.12. The molecule has 0 spiro atoms. The summed E-state index contributed by atoms with van der Waals surface area (Å²) in [5.41, 5.74) is 11.9. The summed E-state index contributed by atoms with van der Waals surface area (Å²) in [6, 6.07) is 1.83. The molecule has 2 aromatic rings. The van der Waals surface area contributed by atoms with Gasteiger partial charge in [0.2, 0.25) is 5.95 Å². The van der Waals surface area contributed by atoms with Crippen LogP contribution >= 0.6 is 11.3 Å². The summed E-state index contributed by atoms with van der Waals surface area (Å²) in [7, 11) is 0. The molecule has 2 heterocycles. The lowest BCUT2D eigenvalue weighted by Crippen LogP contribution is -2.13. The summed E-state index contributed by atoms with van der Waals surface area (Å²) in [6.07, 6.45) is 0. The topological polar surface area (TPSA) is 109 Å². The fourth-order valence-electron chi connectivity index (χ4n) is 0.993. The summed E-state index contributed by atoms with van der Waals surface area (Å²) < 4.78 is 1.21. The fraction of sp³-hybridized carbons (Fsp3) is 0. The van der Waals surface area contributed by atoms with Crippen molar-refractivity contribution in [1.29, 1.82) is 0 Å². The van der Waals surface area contributed by atoms with Crippen LogP contribution in [-0.4, -0.2) is 14.9 Å². The van der Waals surface area contributed by atoms with E-state index in [-0.39, 0.29) is 5.95 Å². The van der Waals surface area contributed by atoms with Gasteiger partial charge in [0, 0.05) is 0 Å². The van der Waals surface area contributed by atoms with Crippen LogP contribution in [0.2, 0.25) is 0 Å². The summed E-state index contributed by atoms with van der Waals surface area (Å²) in [6.45, 7) is 0. The Balaban J connectivity index is 2.59. The molecule has 0 aromatic carbocycles. The highest BCUT2D eigenvalue weighted by atomic mass is 32.1. The number of thiophene rings is 1. The van der Waals surface area contributed by atoms with Crippen molar-refractivity contribution >= 4 is 22.3 Å². The number of nitrogen functional groups attached to an aromatic ring is 3. The number of rotatable bonds is 1. The van der Waals surface area contributed by atoms with Gasteiger partial charge in [-0.3, -0.25) is 0 Å². The van der Waals surface area contributed by atoms with Gasteiger partial charge in [-0.15, -0.1) is 21.5 Å². The Bertz CT molecular complexity index is 430. The summed E-state index contributed by atoms with van der Waals surface area (Å²) in [5.74, 6) is 6.23. The minimum absolute atomic E-state index is 0.167. The number of nitrogens with zero attached hydrogens (tertiary/aromatic N) is 3. The SMILES string of the molecule is Nc1sccc1-c1nnc(N)n1N. The van der Waals surface area contributed by atoms with E-state index in [9.17, 15) is 0 Å². The molecule has 2 aromatic heterocycles. The summed E-state index contributed by atoms with van der Waals surface area (Å²) >= 11 is 1.42. The molecule has 0 bridgehead atoms. The van der Waals surface area contributed by atoms with Gasteiger partial charge >= 0.3 is 0 Å². The molecule has 6 N–H and O–H groups in total. The lowest BCUT2D eigenvalue weighted by atomic mass is 10.3. The highest BCUT2D eigenvalue weighted by Crippen LogP contribution is 2.28. The van der Waals surface area contributed by atoms with Crippen LogP contribution in [0.5, 0.6) is 0 Å². The van der Waals surface area contributed by atoms with E-state index >= 15 is 0 Å². The van der Waals surface area contributed by atoms with Crippen LogP contribution in [-0.2, 0) is 0 Å². The Morgan fingerprint density at radius 1 is 1.31 bits per heavy atom. The minimum Gasteiger partial charge on any atom is -0.390 e. The third kappa shape index (κ3) is 1.09. The van der Waals surface area contributed by atoms with Crippen molar-refractivity contribution in [2.24, 2.45) is 0 Å². The molecule has 0 aliphatic heterocycles. The highest BCUT2D eigenvalue weighted by molar-refractivity contribution is 7.14. The lowest BCUT2D eigenvalue weighted by molar-refractivity contribution is 1.02. The lowest BCUT2D eigenvalue weighted by Gasteiger charge is -1.98. The van der Waals surface area contributed by atoms with Gasteiger partial charge in [0.1, 0.15) is 0 Å². The third-order valence-electron chi connectivity index (χ3n) is 1.66. The average molecular weight is 196 g/mol. The van der Waals surface area contributed by atoms with Crippen LogP contribution in [0.15, 0.2) is 11.4 Å². The van der Waals surface area contributed by atoms with Crippen LogP contribution in [0.25, 0.3) is 11.4 Å². The molecule has 2 rings (SSSR count). The maximum Gasteiger partial charge on any atom is 0.241 e. The predicted octanol–water partition coefficient (Wildman–Crippen LogP) is -0.115. The second-order valence-corrected chi connectivity index (χ2v) is 3.40. The molecular formula is C6H8N6S. The molecule has 6 nitrogen and oxygen atoms in total. The van der Waals surface area contributed by atoms with E-state index < -0.39 is 0 Å². The van der Waals surface area contributed by atoms with Crippen molar-refractivity contribution in [2.75, 3.05) is 17.3 Å². The Labute approximate surface area is 77.9 Å². The van der Waals surface area contributed by atoms with Crippen LogP contribution in [0, 0.1) is 0 Å².